The number of hydrogen-bond acceptors (Lipinski definition) is 5. The van der Waals surface area contributed by atoms with Crippen LogP contribution in [0.1, 0.15) is 25.6 Å². The second kappa shape index (κ2) is 4.27. The van der Waals surface area contributed by atoms with E-state index in [1.54, 1.807) is 12.1 Å². The maximum absolute atomic E-state index is 12.1. The van der Waals surface area contributed by atoms with Gasteiger partial charge in [0.15, 0.2) is 5.82 Å². The van der Waals surface area contributed by atoms with Crippen molar-refractivity contribution in [1.82, 2.24) is 30.6 Å². The first kappa shape index (κ1) is 11.5. The van der Waals surface area contributed by atoms with Crippen LogP contribution in [0.2, 0.25) is 0 Å². The Morgan fingerprint density at radius 3 is 2.79 bits per heavy atom. The van der Waals surface area contributed by atoms with Gasteiger partial charge >= 0.3 is 0 Å². The molecule has 0 aliphatic heterocycles. The van der Waals surface area contributed by atoms with Gasteiger partial charge in [0.05, 0.1) is 10.9 Å². The van der Waals surface area contributed by atoms with Crippen LogP contribution in [0, 0.1) is 0 Å². The predicted molar refractivity (Wildman–Crippen MR) is 69.6 cm³/mol. The first-order valence-electron chi connectivity index (χ1n) is 5.93. The zero-order chi connectivity index (χ0) is 13.4. The van der Waals surface area contributed by atoms with Crippen LogP contribution in [0.3, 0.4) is 0 Å². The predicted octanol–water partition coefficient (Wildman–Crippen LogP) is 1.23. The van der Waals surface area contributed by atoms with Crippen molar-refractivity contribution in [2.24, 2.45) is 0 Å². The molecule has 0 spiro atoms. The number of H-pyrrole nitrogens is 2. The topological polar surface area (TPSA) is 100 Å². The summed E-state index contributed by atoms with van der Waals surface area (Å²) in [7, 11) is 0. The monoisotopic (exact) mass is 256 g/mol. The summed E-state index contributed by atoms with van der Waals surface area (Å²) in [6.07, 6.45) is 0. The highest BCUT2D eigenvalue weighted by Crippen LogP contribution is 2.18. The lowest BCUT2D eigenvalue weighted by atomic mass is 10.1. The standard InChI is InChI=1S/C12H12N6O/c1-6(2)10-13-9-4-3-7(11-15-17-18-16-11)5-8(9)12(19)14-10/h3-6H,1-2H3,(H,13,14,19)(H,15,16,17,18). The van der Waals surface area contributed by atoms with Crippen molar-refractivity contribution >= 4 is 10.9 Å². The third-order valence-corrected chi connectivity index (χ3v) is 2.89. The summed E-state index contributed by atoms with van der Waals surface area (Å²) in [6, 6.07) is 5.36. The van der Waals surface area contributed by atoms with Crippen LogP contribution in [0.25, 0.3) is 22.3 Å². The van der Waals surface area contributed by atoms with Crippen LogP contribution >= 0.6 is 0 Å². The summed E-state index contributed by atoms with van der Waals surface area (Å²) >= 11 is 0. The first-order valence-corrected chi connectivity index (χ1v) is 5.93. The van der Waals surface area contributed by atoms with Gasteiger partial charge in [-0.1, -0.05) is 13.8 Å². The van der Waals surface area contributed by atoms with Gasteiger partial charge in [0, 0.05) is 11.5 Å². The average Bonchev–Trinajstić information content (AvgIpc) is 2.92. The Morgan fingerprint density at radius 1 is 1.26 bits per heavy atom. The molecular formula is C12H12N6O. The van der Waals surface area contributed by atoms with Gasteiger partial charge in [-0.15, -0.1) is 5.10 Å². The number of rotatable bonds is 2. The third-order valence-electron chi connectivity index (χ3n) is 2.89. The van der Waals surface area contributed by atoms with Crippen LogP contribution in [-0.2, 0) is 0 Å². The van der Waals surface area contributed by atoms with Crippen LogP contribution in [0.15, 0.2) is 23.0 Å². The van der Waals surface area contributed by atoms with E-state index >= 15 is 0 Å². The van der Waals surface area contributed by atoms with Gasteiger partial charge in [-0.25, -0.2) is 10.1 Å². The molecule has 0 fully saturated rings. The number of nitrogens with zero attached hydrogens (tertiary/aromatic N) is 4. The minimum absolute atomic E-state index is 0.150. The molecule has 1 aromatic carbocycles. The molecule has 0 radical (unpaired) electrons. The second-order valence-electron chi connectivity index (χ2n) is 4.59. The normalized spacial score (nSPS) is 11.3. The minimum atomic E-state index is -0.150. The Bertz CT molecular complexity index is 775. The van der Waals surface area contributed by atoms with E-state index in [9.17, 15) is 4.79 Å². The summed E-state index contributed by atoms with van der Waals surface area (Å²) in [6.45, 7) is 3.97. The molecule has 7 nitrogen and oxygen atoms in total. The Labute approximate surface area is 108 Å². The Morgan fingerprint density at radius 2 is 2.11 bits per heavy atom. The van der Waals surface area contributed by atoms with Crippen molar-refractivity contribution in [2.45, 2.75) is 19.8 Å². The molecule has 0 saturated carbocycles. The fraction of sp³-hybridized carbons (Fsp3) is 0.250. The van der Waals surface area contributed by atoms with E-state index in [1.165, 1.54) is 0 Å². The van der Waals surface area contributed by atoms with Crippen molar-refractivity contribution in [3.8, 4) is 11.4 Å². The van der Waals surface area contributed by atoms with Gasteiger partial charge in [-0.2, -0.15) is 0 Å². The lowest BCUT2D eigenvalue weighted by Crippen LogP contribution is -2.12. The molecule has 0 amide bonds. The molecule has 0 saturated heterocycles. The Kier molecular flexibility index (Phi) is 2.59. The van der Waals surface area contributed by atoms with Gasteiger partial charge in [-0.05, 0) is 28.6 Å². The summed E-state index contributed by atoms with van der Waals surface area (Å²) in [5, 5.41) is 14.0. The Hall–Kier alpha value is -2.57. The van der Waals surface area contributed by atoms with Crippen LogP contribution < -0.4 is 5.56 Å². The second-order valence-corrected chi connectivity index (χ2v) is 4.59. The zero-order valence-electron chi connectivity index (χ0n) is 10.5. The average molecular weight is 256 g/mol. The van der Waals surface area contributed by atoms with E-state index in [0.29, 0.717) is 22.6 Å². The highest BCUT2D eigenvalue weighted by atomic mass is 16.1. The van der Waals surface area contributed by atoms with Gasteiger partial charge in [0.1, 0.15) is 5.82 Å². The molecule has 2 heterocycles. The minimum Gasteiger partial charge on any atom is -0.310 e. The van der Waals surface area contributed by atoms with Crippen molar-refractivity contribution in [1.29, 1.82) is 0 Å². The SMILES string of the molecule is CC(C)c1nc2ccc(-c3nnn[nH]3)cc2c(=O)[nH]1. The molecule has 0 aliphatic rings. The molecule has 0 unspecified atom stereocenters. The van der Waals surface area contributed by atoms with Gasteiger partial charge in [0.25, 0.3) is 5.56 Å². The number of benzene rings is 1. The summed E-state index contributed by atoms with van der Waals surface area (Å²) in [5.74, 6) is 1.39. The van der Waals surface area contributed by atoms with Crippen molar-refractivity contribution in [2.75, 3.05) is 0 Å². The smallest absolute Gasteiger partial charge is 0.258 e. The highest BCUT2D eigenvalue weighted by Gasteiger charge is 2.09. The lowest BCUT2D eigenvalue weighted by Gasteiger charge is -2.06. The van der Waals surface area contributed by atoms with E-state index in [-0.39, 0.29) is 11.5 Å². The molecule has 2 N–H and O–H groups in total. The van der Waals surface area contributed by atoms with Crippen molar-refractivity contribution < 1.29 is 0 Å². The molecule has 0 bridgehead atoms. The summed E-state index contributed by atoms with van der Waals surface area (Å²) < 4.78 is 0. The quantitative estimate of drug-likeness (QED) is 0.718. The number of aromatic nitrogens is 6. The van der Waals surface area contributed by atoms with E-state index < -0.39 is 0 Å². The van der Waals surface area contributed by atoms with Gasteiger partial charge in [-0.3, -0.25) is 4.79 Å². The summed E-state index contributed by atoms with van der Waals surface area (Å²) in [5.41, 5.74) is 1.27. The molecule has 3 aromatic rings. The van der Waals surface area contributed by atoms with E-state index in [0.717, 1.165) is 5.56 Å². The molecule has 0 aliphatic carbocycles. The van der Waals surface area contributed by atoms with E-state index in [4.69, 9.17) is 0 Å². The fourth-order valence-corrected chi connectivity index (χ4v) is 1.86. The molecule has 3 rings (SSSR count). The Balaban J connectivity index is 2.22. The lowest BCUT2D eigenvalue weighted by molar-refractivity contribution is 0.776. The van der Waals surface area contributed by atoms with Crippen LogP contribution in [-0.4, -0.2) is 30.6 Å². The molecule has 96 valence electrons. The maximum Gasteiger partial charge on any atom is 0.258 e. The van der Waals surface area contributed by atoms with Gasteiger partial charge in [0.2, 0.25) is 0 Å². The van der Waals surface area contributed by atoms with Crippen molar-refractivity contribution in [3.05, 3.63) is 34.4 Å². The molecule has 0 atom stereocenters. The van der Waals surface area contributed by atoms with Crippen molar-refractivity contribution in [3.63, 3.8) is 0 Å². The number of tetrazole rings is 1. The van der Waals surface area contributed by atoms with E-state index in [1.807, 2.05) is 19.9 Å². The molecular weight excluding hydrogens is 244 g/mol. The number of fused-ring (bicyclic) bond motifs is 1. The fourth-order valence-electron chi connectivity index (χ4n) is 1.86. The van der Waals surface area contributed by atoms with Crippen LogP contribution in [0.4, 0.5) is 0 Å². The number of nitrogens with one attached hydrogen (secondary N) is 2. The number of hydrogen-bond donors (Lipinski definition) is 2. The van der Waals surface area contributed by atoms with Gasteiger partial charge < -0.3 is 4.98 Å². The van der Waals surface area contributed by atoms with Crippen LogP contribution in [0.5, 0.6) is 0 Å². The largest absolute Gasteiger partial charge is 0.310 e. The number of aromatic amines is 2. The molecule has 19 heavy (non-hydrogen) atoms. The highest BCUT2D eigenvalue weighted by molar-refractivity contribution is 5.82. The molecule has 7 heteroatoms. The molecule has 2 aromatic heterocycles. The zero-order valence-corrected chi connectivity index (χ0v) is 10.5. The summed E-state index contributed by atoms with van der Waals surface area (Å²) in [4.78, 5) is 19.3. The third kappa shape index (κ3) is 1.99. The maximum atomic E-state index is 12.1. The van der Waals surface area contributed by atoms with E-state index in [2.05, 4.69) is 30.6 Å². The first-order chi connectivity index (χ1) is 9.15.